The van der Waals surface area contributed by atoms with Crippen LogP contribution >= 0.6 is 0 Å². The van der Waals surface area contributed by atoms with Crippen molar-refractivity contribution in [1.29, 1.82) is 0 Å². The Balaban J connectivity index is 1.97. The third-order valence-corrected chi connectivity index (χ3v) is 2.88. The van der Waals surface area contributed by atoms with Gasteiger partial charge >= 0.3 is 0 Å². The van der Waals surface area contributed by atoms with E-state index < -0.39 is 0 Å². The van der Waals surface area contributed by atoms with Crippen LogP contribution in [0.1, 0.15) is 38.5 Å². The van der Waals surface area contributed by atoms with Gasteiger partial charge in [-0.25, -0.2) is 0 Å². The summed E-state index contributed by atoms with van der Waals surface area (Å²) < 4.78 is 0. The zero-order valence-electron chi connectivity index (χ0n) is 5.77. The highest BCUT2D eigenvalue weighted by Crippen LogP contribution is 2.48. The Kier molecular flexibility index (Phi) is 1.10. The molecule has 9 heavy (non-hydrogen) atoms. The van der Waals surface area contributed by atoms with E-state index in [2.05, 4.69) is 0 Å². The van der Waals surface area contributed by atoms with Crippen molar-refractivity contribution in [3.63, 3.8) is 0 Å². The van der Waals surface area contributed by atoms with E-state index in [9.17, 15) is 5.11 Å². The second-order valence-corrected chi connectivity index (χ2v) is 3.58. The average molecular weight is 126 g/mol. The van der Waals surface area contributed by atoms with E-state index in [1.165, 1.54) is 25.7 Å². The van der Waals surface area contributed by atoms with Gasteiger partial charge in [-0.05, 0) is 31.6 Å². The molecule has 0 aliphatic heterocycles. The van der Waals surface area contributed by atoms with Gasteiger partial charge in [-0.15, -0.1) is 0 Å². The first kappa shape index (κ1) is 5.72. The molecule has 2 rings (SSSR count). The van der Waals surface area contributed by atoms with E-state index in [4.69, 9.17) is 0 Å². The van der Waals surface area contributed by atoms with Crippen LogP contribution in [0, 0.1) is 5.92 Å². The molecule has 0 atom stereocenters. The SMILES string of the molecule is OC1(C2CCCC2)CC1. The maximum absolute atomic E-state index is 9.63. The Bertz CT molecular complexity index is 110. The molecule has 0 bridgehead atoms. The lowest BCUT2D eigenvalue weighted by Crippen LogP contribution is -2.18. The molecule has 0 aromatic carbocycles. The van der Waals surface area contributed by atoms with Crippen LogP contribution in [-0.2, 0) is 0 Å². The minimum atomic E-state index is -0.170. The maximum Gasteiger partial charge on any atom is 0.0678 e. The summed E-state index contributed by atoms with van der Waals surface area (Å²) in [6.07, 6.45) is 7.45. The lowest BCUT2D eigenvalue weighted by molar-refractivity contribution is 0.0851. The molecule has 1 heteroatoms. The van der Waals surface area contributed by atoms with Gasteiger partial charge in [0.1, 0.15) is 0 Å². The number of aliphatic hydroxyl groups is 1. The third-order valence-electron chi connectivity index (χ3n) is 2.88. The van der Waals surface area contributed by atoms with Gasteiger partial charge in [0.2, 0.25) is 0 Å². The number of hydrogen-bond donors (Lipinski definition) is 1. The van der Waals surface area contributed by atoms with E-state index in [1.54, 1.807) is 0 Å². The van der Waals surface area contributed by atoms with Crippen molar-refractivity contribution >= 4 is 0 Å². The van der Waals surface area contributed by atoms with Crippen molar-refractivity contribution in [2.75, 3.05) is 0 Å². The summed E-state index contributed by atoms with van der Waals surface area (Å²) in [5.74, 6) is 0.678. The van der Waals surface area contributed by atoms with Crippen LogP contribution < -0.4 is 0 Å². The Morgan fingerprint density at radius 3 is 2.11 bits per heavy atom. The van der Waals surface area contributed by atoms with Crippen LogP contribution in [0.2, 0.25) is 0 Å². The fourth-order valence-corrected chi connectivity index (χ4v) is 2.00. The number of rotatable bonds is 1. The molecule has 0 aromatic heterocycles. The van der Waals surface area contributed by atoms with Crippen LogP contribution in [-0.4, -0.2) is 10.7 Å². The predicted molar refractivity (Wildman–Crippen MR) is 36.1 cm³/mol. The fraction of sp³-hybridized carbons (Fsp3) is 1.00. The molecule has 0 saturated heterocycles. The van der Waals surface area contributed by atoms with E-state index in [-0.39, 0.29) is 5.60 Å². The Hall–Kier alpha value is -0.0400. The fourth-order valence-electron chi connectivity index (χ4n) is 2.00. The smallest absolute Gasteiger partial charge is 0.0678 e. The normalized spacial score (nSPS) is 33.0. The summed E-state index contributed by atoms with van der Waals surface area (Å²) in [5, 5.41) is 9.63. The third kappa shape index (κ3) is 0.877. The topological polar surface area (TPSA) is 20.2 Å². The summed E-state index contributed by atoms with van der Waals surface area (Å²) in [6.45, 7) is 0. The second kappa shape index (κ2) is 1.72. The molecule has 2 aliphatic rings. The zero-order valence-corrected chi connectivity index (χ0v) is 5.77. The molecule has 52 valence electrons. The molecule has 0 heterocycles. The molecule has 0 spiro atoms. The van der Waals surface area contributed by atoms with E-state index in [0.717, 1.165) is 12.8 Å². The van der Waals surface area contributed by atoms with Gasteiger partial charge in [0.15, 0.2) is 0 Å². The molecule has 0 aromatic rings. The summed E-state index contributed by atoms with van der Waals surface area (Å²) in [7, 11) is 0. The largest absolute Gasteiger partial charge is 0.390 e. The molecular formula is C8H14O. The maximum atomic E-state index is 9.63. The van der Waals surface area contributed by atoms with Crippen molar-refractivity contribution in [2.45, 2.75) is 44.1 Å². The predicted octanol–water partition coefficient (Wildman–Crippen LogP) is 1.70. The van der Waals surface area contributed by atoms with Gasteiger partial charge in [0, 0.05) is 0 Å². The standard InChI is InChI=1S/C8H14O/c9-8(5-6-8)7-3-1-2-4-7/h7,9H,1-6H2. The zero-order chi connectivity index (χ0) is 6.32. The van der Waals surface area contributed by atoms with Crippen LogP contribution in [0.5, 0.6) is 0 Å². The van der Waals surface area contributed by atoms with Crippen molar-refractivity contribution in [2.24, 2.45) is 5.92 Å². The number of hydrogen-bond acceptors (Lipinski definition) is 1. The van der Waals surface area contributed by atoms with E-state index in [1.807, 2.05) is 0 Å². The summed E-state index contributed by atoms with van der Waals surface area (Å²) in [4.78, 5) is 0. The lowest BCUT2D eigenvalue weighted by atomic mass is 9.99. The molecule has 2 saturated carbocycles. The quantitative estimate of drug-likeness (QED) is 0.567. The first-order valence-electron chi connectivity index (χ1n) is 4.04. The molecule has 1 nitrogen and oxygen atoms in total. The lowest BCUT2D eigenvalue weighted by Gasteiger charge is -2.14. The molecule has 0 amide bonds. The van der Waals surface area contributed by atoms with Crippen LogP contribution in [0.4, 0.5) is 0 Å². The first-order valence-corrected chi connectivity index (χ1v) is 4.04. The Labute approximate surface area is 56.1 Å². The van der Waals surface area contributed by atoms with E-state index >= 15 is 0 Å². The highest BCUT2D eigenvalue weighted by atomic mass is 16.3. The van der Waals surface area contributed by atoms with Gasteiger partial charge < -0.3 is 5.11 Å². The summed E-state index contributed by atoms with van der Waals surface area (Å²) >= 11 is 0. The van der Waals surface area contributed by atoms with Crippen LogP contribution in [0.3, 0.4) is 0 Å². The average Bonchev–Trinajstić information content (AvgIpc) is 2.46. The van der Waals surface area contributed by atoms with Crippen molar-refractivity contribution < 1.29 is 5.11 Å². The van der Waals surface area contributed by atoms with Gasteiger partial charge in [-0.1, -0.05) is 12.8 Å². The van der Waals surface area contributed by atoms with Crippen LogP contribution in [0.15, 0.2) is 0 Å². The molecule has 2 aliphatic carbocycles. The summed E-state index contributed by atoms with van der Waals surface area (Å²) in [5.41, 5.74) is -0.170. The molecule has 0 unspecified atom stereocenters. The van der Waals surface area contributed by atoms with Crippen molar-refractivity contribution in [3.8, 4) is 0 Å². The molecular weight excluding hydrogens is 112 g/mol. The molecule has 0 radical (unpaired) electrons. The summed E-state index contributed by atoms with van der Waals surface area (Å²) in [6, 6.07) is 0. The van der Waals surface area contributed by atoms with Crippen molar-refractivity contribution in [1.82, 2.24) is 0 Å². The van der Waals surface area contributed by atoms with E-state index in [0.29, 0.717) is 5.92 Å². The first-order chi connectivity index (χ1) is 4.31. The van der Waals surface area contributed by atoms with Gasteiger partial charge in [-0.2, -0.15) is 0 Å². The van der Waals surface area contributed by atoms with Crippen molar-refractivity contribution in [3.05, 3.63) is 0 Å². The van der Waals surface area contributed by atoms with Gasteiger partial charge in [-0.3, -0.25) is 0 Å². The molecule has 2 fully saturated rings. The van der Waals surface area contributed by atoms with Gasteiger partial charge in [0.05, 0.1) is 5.60 Å². The highest BCUT2D eigenvalue weighted by molar-refractivity contribution is 5.00. The highest BCUT2D eigenvalue weighted by Gasteiger charge is 2.47. The molecule has 1 N–H and O–H groups in total. The monoisotopic (exact) mass is 126 g/mol. The van der Waals surface area contributed by atoms with Gasteiger partial charge in [0.25, 0.3) is 0 Å². The Morgan fingerprint density at radius 1 is 1.11 bits per heavy atom. The Morgan fingerprint density at radius 2 is 1.67 bits per heavy atom. The minimum absolute atomic E-state index is 0.170. The minimum Gasteiger partial charge on any atom is -0.390 e. The second-order valence-electron chi connectivity index (χ2n) is 3.58. The van der Waals surface area contributed by atoms with Crippen LogP contribution in [0.25, 0.3) is 0 Å².